The summed E-state index contributed by atoms with van der Waals surface area (Å²) in [4.78, 5) is 32.2. The molecule has 1 N–H and O–H groups in total. The average Bonchev–Trinajstić information content (AvgIpc) is 3.05. The summed E-state index contributed by atoms with van der Waals surface area (Å²) in [6, 6.07) is 5.39. The Morgan fingerprint density at radius 3 is 2.84 bits per heavy atom. The van der Waals surface area contributed by atoms with E-state index in [1.807, 2.05) is 12.3 Å². The molecule has 4 aromatic heterocycles. The van der Waals surface area contributed by atoms with Gasteiger partial charge in [0.2, 0.25) is 0 Å². The highest BCUT2D eigenvalue weighted by atomic mass is 16.1. The molecule has 0 aliphatic heterocycles. The monoisotopic (exact) mass is 333 g/mol. The molecule has 0 bridgehead atoms. The van der Waals surface area contributed by atoms with Crippen LogP contribution in [-0.2, 0) is 6.54 Å². The second kappa shape index (κ2) is 5.86. The summed E-state index contributed by atoms with van der Waals surface area (Å²) in [5.74, 6) is 0. The molecule has 7 heteroatoms. The largest absolute Gasteiger partial charge is 0.386 e. The fourth-order valence-corrected chi connectivity index (χ4v) is 2.91. The summed E-state index contributed by atoms with van der Waals surface area (Å²) in [5, 5.41) is 4.43. The van der Waals surface area contributed by atoms with E-state index in [1.165, 1.54) is 0 Å². The van der Waals surface area contributed by atoms with Crippen LogP contribution in [0.3, 0.4) is 0 Å². The topological polar surface area (TPSA) is 81.3 Å². The van der Waals surface area contributed by atoms with E-state index in [0.29, 0.717) is 17.5 Å². The Morgan fingerprint density at radius 2 is 2.04 bits per heavy atom. The van der Waals surface area contributed by atoms with E-state index in [2.05, 4.69) is 15.3 Å². The van der Waals surface area contributed by atoms with Gasteiger partial charge in [-0.2, -0.15) is 0 Å². The highest BCUT2D eigenvalue weighted by Crippen LogP contribution is 2.18. The molecule has 0 radical (unpaired) electrons. The van der Waals surface area contributed by atoms with Crippen LogP contribution in [-0.4, -0.2) is 32.3 Å². The third kappa shape index (κ3) is 2.55. The molecule has 25 heavy (non-hydrogen) atoms. The van der Waals surface area contributed by atoms with Crippen molar-refractivity contribution >= 4 is 28.4 Å². The van der Waals surface area contributed by atoms with Gasteiger partial charge in [0.25, 0.3) is 5.56 Å². The highest BCUT2D eigenvalue weighted by Gasteiger charge is 2.09. The Bertz CT molecular complexity index is 1160. The lowest BCUT2D eigenvalue weighted by Crippen LogP contribution is -2.20. The van der Waals surface area contributed by atoms with Crippen LogP contribution in [0.25, 0.3) is 16.4 Å². The Kier molecular flexibility index (Phi) is 3.53. The number of rotatable bonds is 4. The maximum atomic E-state index is 12.7. The Morgan fingerprint density at radius 1 is 1.16 bits per heavy atom. The molecule has 124 valence electrons. The number of nitrogens with one attached hydrogen (secondary N) is 1. The van der Waals surface area contributed by atoms with Crippen molar-refractivity contribution in [1.82, 2.24) is 18.9 Å². The molecule has 0 unspecified atom stereocenters. The maximum absolute atomic E-state index is 12.7. The smallest absolute Gasteiger partial charge is 0.260 e. The van der Waals surface area contributed by atoms with Crippen molar-refractivity contribution in [3.05, 3.63) is 70.8 Å². The molecule has 0 saturated heterocycles. The van der Waals surface area contributed by atoms with Crippen molar-refractivity contribution < 1.29 is 4.79 Å². The third-order valence-electron chi connectivity index (χ3n) is 4.16. The van der Waals surface area contributed by atoms with Crippen molar-refractivity contribution in [3.8, 4) is 0 Å². The van der Waals surface area contributed by atoms with Gasteiger partial charge in [0.1, 0.15) is 5.65 Å². The molecule has 0 aliphatic carbocycles. The summed E-state index contributed by atoms with van der Waals surface area (Å²) in [6.45, 7) is 0.344. The first kappa shape index (κ1) is 15.1. The summed E-state index contributed by atoms with van der Waals surface area (Å²) >= 11 is 0. The van der Waals surface area contributed by atoms with E-state index in [0.717, 1.165) is 28.7 Å². The third-order valence-corrected chi connectivity index (χ3v) is 4.16. The lowest BCUT2D eigenvalue weighted by molar-refractivity contribution is 0.112. The number of hydrogen-bond donors (Lipinski definition) is 1. The summed E-state index contributed by atoms with van der Waals surface area (Å²) in [7, 11) is 1.80. The first-order valence-electron chi connectivity index (χ1n) is 7.77. The Labute approximate surface area is 142 Å². The van der Waals surface area contributed by atoms with Crippen LogP contribution in [0.5, 0.6) is 0 Å². The highest BCUT2D eigenvalue weighted by molar-refractivity contribution is 5.92. The first-order valence-corrected chi connectivity index (χ1v) is 7.77. The van der Waals surface area contributed by atoms with Crippen molar-refractivity contribution in [3.63, 3.8) is 0 Å². The number of carbonyl (C=O) groups excluding carboxylic acids is 1. The quantitative estimate of drug-likeness (QED) is 0.577. The number of nitrogens with zero attached hydrogens (tertiary/aromatic N) is 4. The minimum Gasteiger partial charge on any atom is -0.386 e. The summed E-state index contributed by atoms with van der Waals surface area (Å²) < 4.78 is 3.39. The molecule has 0 saturated carbocycles. The lowest BCUT2D eigenvalue weighted by Gasteiger charge is -2.08. The first-order chi connectivity index (χ1) is 12.2. The molecule has 4 rings (SSSR count). The van der Waals surface area contributed by atoms with Gasteiger partial charge in [-0.25, -0.2) is 4.98 Å². The average molecular weight is 333 g/mol. The summed E-state index contributed by atoms with van der Waals surface area (Å²) in [5.41, 5.74) is 2.74. The minimum absolute atomic E-state index is 0.118. The molecular weight excluding hydrogens is 318 g/mol. The van der Waals surface area contributed by atoms with E-state index in [-0.39, 0.29) is 5.56 Å². The fraction of sp³-hybridized carbons (Fsp3) is 0.111. The van der Waals surface area contributed by atoms with Gasteiger partial charge in [0, 0.05) is 42.8 Å². The molecule has 7 nitrogen and oxygen atoms in total. The number of anilines is 1. The van der Waals surface area contributed by atoms with Gasteiger partial charge in [0.15, 0.2) is 6.29 Å². The van der Waals surface area contributed by atoms with Gasteiger partial charge < -0.3 is 14.3 Å². The number of carbonyl (C=O) groups is 1. The number of aromatic nitrogens is 4. The number of pyridine rings is 3. The number of hydrogen-bond acceptors (Lipinski definition) is 5. The van der Waals surface area contributed by atoms with E-state index in [9.17, 15) is 9.59 Å². The number of fused-ring (bicyclic) bond motifs is 2. The second-order valence-electron chi connectivity index (χ2n) is 5.73. The SMILES string of the molecule is CNc1cncc2c(=O)n(Cc3cn4cc(C=O)ccc4n3)ccc12. The van der Waals surface area contributed by atoms with E-state index in [4.69, 9.17) is 0 Å². The van der Waals surface area contributed by atoms with Gasteiger partial charge in [-0.05, 0) is 18.2 Å². The number of aldehydes is 1. The number of imidazole rings is 1. The lowest BCUT2D eigenvalue weighted by atomic mass is 10.2. The normalized spacial score (nSPS) is 11.1. The van der Waals surface area contributed by atoms with Crippen LogP contribution < -0.4 is 10.9 Å². The van der Waals surface area contributed by atoms with Gasteiger partial charge in [-0.15, -0.1) is 0 Å². The van der Waals surface area contributed by atoms with Crippen molar-refractivity contribution in [2.75, 3.05) is 12.4 Å². The Hall–Kier alpha value is -3.48. The zero-order chi connectivity index (χ0) is 17.4. The zero-order valence-electron chi connectivity index (χ0n) is 13.5. The molecule has 0 spiro atoms. The second-order valence-corrected chi connectivity index (χ2v) is 5.73. The summed E-state index contributed by atoms with van der Waals surface area (Å²) in [6.07, 6.45) is 9.35. The molecule has 0 aromatic carbocycles. The van der Waals surface area contributed by atoms with Crippen LogP contribution in [0.2, 0.25) is 0 Å². The molecule has 4 aromatic rings. The van der Waals surface area contributed by atoms with Gasteiger partial charge in [0.05, 0.1) is 29.5 Å². The molecule has 4 heterocycles. The van der Waals surface area contributed by atoms with Crippen LogP contribution >= 0.6 is 0 Å². The van der Waals surface area contributed by atoms with Crippen LogP contribution in [0.1, 0.15) is 16.1 Å². The predicted octanol–water partition coefficient (Wildman–Crippen LogP) is 1.95. The fourth-order valence-electron chi connectivity index (χ4n) is 2.91. The van der Waals surface area contributed by atoms with Crippen molar-refractivity contribution in [1.29, 1.82) is 0 Å². The van der Waals surface area contributed by atoms with Gasteiger partial charge >= 0.3 is 0 Å². The van der Waals surface area contributed by atoms with Gasteiger partial charge in [-0.1, -0.05) is 0 Å². The maximum Gasteiger partial charge on any atom is 0.260 e. The van der Waals surface area contributed by atoms with Gasteiger partial charge in [-0.3, -0.25) is 14.6 Å². The van der Waals surface area contributed by atoms with Crippen LogP contribution in [0, 0.1) is 0 Å². The molecule has 0 fully saturated rings. The predicted molar refractivity (Wildman–Crippen MR) is 95.2 cm³/mol. The van der Waals surface area contributed by atoms with Crippen molar-refractivity contribution in [2.24, 2.45) is 0 Å². The van der Waals surface area contributed by atoms with E-state index < -0.39 is 0 Å². The molecular formula is C18H15N5O2. The minimum atomic E-state index is -0.118. The van der Waals surface area contributed by atoms with E-state index >= 15 is 0 Å². The standard InChI is InChI=1S/C18H15N5O2/c1-19-16-7-20-6-15-14(16)4-5-22(18(15)25)9-13-10-23-8-12(11-24)2-3-17(23)21-13/h2-8,10-11,19H,9H2,1H3. The Balaban J connectivity index is 1.77. The van der Waals surface area contributed by atoms with Crippen molar-refractivity contribution in [2.45, 2.75) is 6.54 Å². The molecule has 0 atom stereocenters. The molecule has 0 aliphatic rings. The van der Waals surface area contributed by atoms with E-state index in [1.54, 1.807) is 52.9 Å². The zero-order valence-corrected chi connectivity index (χ0v) is 13.5. The van der Waals surface area contributed by atoms with Crippen LogP contribution in [0.15, 0.2) is 54.0 Å². The van der Waals surface area contributed by atoms with Crippen LogP contribution in [0.4, 0.5) is 5.69 Å². The molecule has 0 amide bonds.